The Morgan fingerprint density at radius 1 is 1.53 bits per heavy atom. The van der Waals surface area contributed by atoms with Gasteiger partial charge < -0.3 is 15.6 Å². The van der Waals surface area contributed by atoms with E-state index in [0.717, 1.165) is 5.56 Å². The Kier molecular flexibility index (Phi) is 4.80. The third kappa shape index (κ3) is 4.19. The van der Waals surface area contributed by atoms with Crippen LogP contribution >= 0.6 is 11.6 Å². The van der Waals surface area contributed by atoms with E-state index < -0.39 is 5.60 Å². The molecule has 1 aromatic carbocycles. The minimum absolute atomic E-state index is 0.157. The van der Waals surface area contributed by atoms with Gasteiger partial charge in [-0.05, 0) is 38.5 Å². The summed E-state index contributed by atoms with van der Waals surface area (Å²) in [5, 5.41) is 10.5. The second kappa shape index (κ2) is 5.71. The maximum atomic E-state index is 9.89. The Morgan fingerprint density at radius 3 is 2.71 bits per heavy atom. The van der Waals surface area contributed by atoms with E-state index >= 15 is 0 Å². The van der Waals surface area contributed by atoms with Crippen molar-refractivity contribution in [2.75, 3.05) is 6.61 Å². The van der Waals surface area contributed by atoms with Crippen molar-refractivity contribution in [3.05, 3.63) is 28.8 Å². The number of hydrogen-bond acceptors (Lipinski definition) is 3. The largest absolute Gasteiger partial charge is 0.490 e. The van der Waals surface area contributed by atoms with E-state index in [1.165, 1.54) is 0 Å². The summed E-state index contributed by atoms with van der Waals surface area (Å²) >= 11 is 5.92. The van der Waals surface area contributed by atoms with Gasteiger partial charge in [-0.1, -0.05) is 18.5 Å². The molecule has 0 aliphatic heterocycles. The standard InChI is InChI=1S/C13H20ClNO2/c1-4-13(3,16)8-17-12-6-5-10(14)7-11(12)9(2)15/h5-7,9,16H,4,8,15H2,1-3H3/t9-,13?/m1/s1. The fourth-order valence-electron chi connectivity index (χ4n) is 1.34. The van der Waals surface area contributed by atoms with Gasteiger partial charge in [0.1, 0.15) is 12.4 Å². The maximum Gasteiger partial charge on any atom is 0.124 e. The van der Waals surface area contributed by atoms with E-state index in [0.29, 0.717) is 17.2 Å². The van der Waals surface area contributed by atoms with Crippen LogP contribution in [0.3, 0.4) is 0 Å². The number of benzene rings is 1. The minimum Gasteiger partial charge on any atom is -0.490 e. The molecule has 1 unspecified atom stereocenters. The van der Waals surface area contributed by atoms with Crippen LogP contribution in [0.2, 0.25) is 5.02 Å². The van der Waals surface area contributed by atoms with Gasteiger partial charge in [0.15, 0.2) is 0 Å². The third-order valence-corrected chi connectivity index (χ3v) is 3.00. The van der Waals surface area contributed by atoms with Crippen LogP contribution in [0.1, 0.15) is 38.8 Å². The van der Waals surface area contributed by atoms with Gasteiger partial charge >= 0.3 is 0 Å². The molecule has 96 valence electrons. The average Bonchev–Trinajstić information content (AvgIpc) is 2.27. The Balaban J connectivity index is 2.84. The first kappa shape index (κ1) is 14.3. The molecule has 0 heterocycles. The highest BCUT2D eigenvalue weighted by atomic mass is 35.5. The van der Waals surface area contributed by atoms with Crippen molar-refractivity contribution in [1.29, 1.82) is 0 Å². The van der Waals surface area contributed by atoms with Crippen molar-refractivity contribution < 1.29 is 9.84 Å². The molecular weight excluding hydrogens is 238 g/mol. The molecule has 0 aliphatic carbocycles. The highest BCUT2D eigenvalue weighted by molar-refractivity contribution is 6.30. The van der Waals surface area contributed by atoms with Crippen molar-refractivity contribution >= 4 is 11.6 Å². The predicted molar refractivity (Wildman–Crippen MR) is 70.5 cm³/mol. The number of nitrogens with two attached hydrogens (primary N) is 1. The van der Waals surface area contributed by atoms with Crippen LogP contribution in [-0.4, -0.2) is 17.3 Å². The third-order valence-electron chi connectivity index (χ3n) is 2.76. The van der Waals surface area contributed by atoms with E-state index in [1.807, 2.05) is 13.8 Å². The SMILES string of the molecule is CCC(C)(O)COc1ccc(Cl)cc1[C@@H](C)N. The molecule has 0 radical (unpaired) electrons. The van der Waals surface area contributed by atoms with Gasteiger partial charge in [-0.3, -0.25) is 0 Å². The molecule has 0 amide bonds. The molecule has 3 N–H and O–H groups in total. The fourth-order valence-corrected chi connectivity index (χ4v) is 1.52. The summed E-state index contributed by atoms with van der Waals surface area (Å²) in [6, 6.07) is 5.17. The van der Waals surface area contributed by atoms with E-state index in [9.17, 15) is 5.11 Å². The van der Waals surface area contributed by atoms with Crippen molar-refractivity contribution in [2.45, 2.75) is 38.8 Å². The minimum atomic E-state index is -0.825. The lowest BCUT2D eigenvalue weighted by Crippen LogP contribution is -2.31. The normalized spacial score (nSPS) is 16.4. The molecule has 0 spiro atoms. The van der Waals surface area contributed by atoms with Crippen molar-refractivity contribution in [1.82, 2.24) is 0 Å². The summed E-state index contributed by atoms with van der Waals surface area (Å²) in [6.07, 6.45) is 0.633. The van der Waals surface area contributed by atoms with Gasteiger partial charge in [-0.15, -0.1) is 0 Å². The highest BCUT2D eigenvalue weighted by Crippen LogP contribution is 2.28. The van der Waals surface area contributed by atoms with Gasteiger partial charge in [0.25, 0.3) is 0 Å². The second-order valence-electron chi connectivity index (χ2n) is 4.61. The topological polar surface area (TPSA) is 55.5 Å². The quantitative estimate of drug-likeness (QED) is 0.853. The van der Waals surface area contributed by atoms with Gasteiger partial charge in [-0.2, -0.15) is 0 Å². The molecule has 1 rings (SSSR count). The number of halogens is 1. The van der Waals surface area contributed by atoms with E-state index in [-0.39, 0.29) is 12.6 Å². The number of hydrogen-bond donors (Lipinski definition) is 2. The molecule has 0 saturated carbocycles. The first-order valence-electron chi connectivity index (χ1n) is 5.76. The van der Waals surface area contributed by atoms with E-state index in [2.05, 4.69) is 0 Å². The summed E-state index contributed by atoms with van der Waals surface area (Å²) in [6.45, 7) is 5.77. The molecule has 0 aliphatic rings. The van der Waals surface area contributed by atoms with Gasteiger partial charge in [-0.25, -0.2) is 0 Å². The van der Waals surface area contributed by atoms with Gasteiger partial charge in [0.2, 0.25) is 0 Å². The zero-order valence-corrected chi connectivity index (χ0v) is 11.3. The molecule has 2 atom stereocenters. The lowest BCUT2D eigenvalue weighted by atomic mass is 10.1. The number of rotatable bonds is 5. The van der Waals surface area contributed by atoms with Crippen LogP contribution in [0.25, 0.3) is 0 Å². The van der Waals surface area contributed by atoms with Crippen LogP contribution in [-0.2, 0) is 0 Å². The molecule has 3 nitrogen and oxygen atoms in total. The summed E-state index contributed by atoms with van der Waals surface area (Å²) < 4.78 is 5.62. The first-order chi connectivity index (χ1) is 7.85. The summed E-state index contributed by atoms with van der Waals surface area (Å²) in [4.78, 5) is 0. The summed E-state index contributed by atoms with van der Waals surface area (Å²) in [7, 11) is 0. The molecular formula is C13H20ClNO2. The lowest BCUT2D eigenvalue weighted by Gasteiger charge is -2.23. The van der Waals surface area contributed by atoms with Crippen LogP contribution in [0.15, 0.2) is 18.2 Å². The molecule has 4 heteroatoms. The molecule has 17 heavy (non-hydrogen) atoms. The Bertz CT molecular complexity index is 378. The Labute approximate surface area is 108 Å². The summed E-state index contributed by atoms with van der Waals surface area (Å²) in [5.41, 5.74) is 5.88. The van der Waals surface area contributed by atoms with E-state index in [1.54, 1.807) is 25.1 Å². The average molecular weight is 258 g/mol. The summed E-state index contributed by atoms with van der Waals surface area (Å²) in [5.74, 6) is 0.679. The van der Waals surface area contributed by atoms with Crippen LogP contribution < -0.4 is 10.5 Å². The Morgan fingerprint density at radius 2 is 2.18 bits per heavy atom. The lowest BCUT2D eigenvalue weighted by molar-refractivity contribution is 0.00810. The van der Waals surface area contributed by atoms with Crippen LogP contribution in [0, 0.1) is 0 Å². The second-order valence-corrected chi connectivity index (χ2v) is 5.05. The molecule has 0 bridgehead atoms. The smallest absolute Gasteiger partial charge is 0.124 e. The number of ether oxygens (including phenoxy) is 1. The molecule has 1 aromatic rings. The zero-order valence-electron chi connectivity index (χ0n) is 10.5. The predicted octanol–water partition coefficient (Wildman–Crippen LogP) is 2.90. The molecule has 0 fully saturated rings. The van der Waals surface area contributed by atoms with Gasteiger partial charge in [0.05, 0.1) is 5.60 Å². The van der Waals surface area contributed by atoms with Crippen LogP contribution in [0.5, 0.6) is 5.75 Å². The number of aliphatic hydroxyl groups is 1. The van der Waals surface area contributed by atoms with Crippen LogP contribution in [0.4, 0.5) is 0 Å². The van der Waals surface area contributed by atoms with Gasteiger partial charge in [0, 0.05) is 16.6 Å². The monoisotopic (exact) mass is 257 g/mol. The zero-order chi connectivity index (χ0) is 13.1. The maximum absolute atomic E-state index is 9.89. The fraction of sp³-hybridized carbons (Fsp3) is 0.538. The highest BCUT2D eigenvalue weighted by Gasteiger charge is 2.19. The van der Waals surface area contributed by atoms with E-state index in [4.69, 9.17) is 22.1 Å². The molecule has 0 aromatic heterocycles. The Hall–Kier alpha value is -0.770. The van der Waals surface area contributed by atoms with Crippen molar-refractivity contribution in [2.24, 2.45) is 5.73 Å². The molecule has 0 saturated heterocycles. The van der Waals surface area contributed by atoms with Crippen molar-refractivity contribution in [3.8, 4) is 5.75 Å². The first-order valence-corrected chi connectivity index (χ1v) is 6.13. The van der Waals surface area contributed by atoms with Crippen molar-refractivity contribution in [3.63, 3.8) is 0 Å².